The second kappa shape index (κ2) is 6.77. The van der Waals surface area contributed by atoms with Gasteiger partial charge in [-0.25, -0.2) is 4.74 Å². The van der Waals surface area contributed by atoms with Crippen molar-refractivity contribution in [2.75, 3.05) is 0 Å². The first-order chi connectivity index (χ1) is 11.4. The minimum atomic E-state index is -6.87. The maximum Gasteiger partial charge on any atom is 0.461 e. The number of sulfonamides is 1. The van der Waals surface area contributed by atoms with Gasteiger partial charge in [0.1, 0.15) is 4.52 Å². The van der Waals surface area contributed by atoms with E-state index in [1.807, 2.05) is 4.74 Å². The molecule has 0 saturated carbocycles. The van der Waals surface area contributed by atoms with Crippen molar-refractivity contribution in [1.82, 2.24) is 0 Å². The van der Waals surface area contributed by atoms with E-state index in [9.17, 15) is 48.7 Å². The Morgan fingerprint density at radius 2 is 1.42 bits per heavy atom. The fourth-order valence-electron chi connectivity index (χ4n) is 1.18. The van der Waals surface area contributed by atoms with Gasteiger partial charge in [0, 0.05) is 12.1 Å². The predicted octanol–water partition coefficient (Wildman–Crippen LogP) is 4.24. The molecule has 0 N–H and O–H groups in total. The Morgan fingerprint density at radius 3 is 1.85 bits per heavy atom. The molecule has 0 atom stereocenters. The lowest BCUT2D eigenvalue weighted by Crippen LogP contribution is -2.54. The molecule has 0 aliphatic heterocycles. The van der Waals surface area contributed by atoms with Crippen LogP contribution < -0.4 is 0 Å². The van der Waals surface area contributed by atoms with Crippen molar-refractivity contribution in [1.29, 1.82) is 0 Å². The molecule has 0 radical (unpaired) electrons. The molecule has 1 aromatic carbocycles. The Morgan fingerprint density at radius 1 is 0.962 bits per heavy atom. The third-order valence-corrected chi connectivity index (χ3v) is 3.88. The molecule has 0 saturated heterocycles. The zero-order chi connectivity index (χ0) is 20.6. The van der Waals surface area contributed by atoms with Gasteiger partial charge in [-0.15, -0.1) is 0 Å². The Hall–Kier alpha value is -1.74. The third-order valence-electron chi connectivity index (χ3n) is 2.41. The van der Waals surface area contributed by atoms with Crippen molar-refractivity contribution < 1.29 is 53.1 Å². The van der Waals surface area contributed by atoms with Crippen molar-refractivity contribution >= 4 is 27.3 Å². The Kier molecular flexibility index (Phi) is 5.81. The van der Waals surface area contributed by atoms with E-state index in [1.54, 1.807) is 4.52 Å². The highest BCUT2D eigenvalue weighted by atomic mass is 35.5. The molecule has 0 aromatic heterocycles. The van der Waals surface area contributed by atoms with E-state index >= 15 is 0 Å². The molecular weight excluding hydrogens is 432 g/mol. The number of hydrogen-bond acceptors (Lipinski definition) is 4. The van der Waals surface area contributed by atoms with E-state index < -0.39 is 43.4 Å². The summed E-state index contributed by atoms with van der Waals surface area (Å²) in [5.41, 5.74) is -0.714. The van der Waals surface area contributed by atoms with Crippen LogP contribution in [-0.2, 0) is 14.8 Å². The first-order valence-corrected chi connectivity index (χ1v) is 7.66. The minimum Gasteiger partial charge on any atom is -0.593 e. The minimum absolute atomic E-state index is 0.714. The summed E-state index contributed by atoms with van der Waals surface area (Å²) in [6.45, 7) is 0. The van der Waals surface area contributed by atoms with Gasteiger partial charge < -0.3 is 5.21 Å². The van der Waals surface area contributed by atoms with Gasteiger partial charge >= 0.3 is 32.9 Å². The molecule has 0 spiro atoms. The van der Waals surface area contributed by atoms with Gasteiger partial charge in [-0.3, -0.25) is 0 Å². The lowest BCUT2D eigenvalue weighted by molar-refractivity contribution is -0.446. The molecule has 1 rings (SSSR count). The zero-order valence-electron chi connectivity index (χ0n) is 11.7. The summed E-state index contributed by atoms with van der Waals surface area (Å²) in [6.07, 6.45) is -13.1. The highest BCUT2D eigenvalue weighted by molar-refractivity contribution is 7.91. The Balaban J connectivity index is 3.29. The molecule has 148 valence electrons. The smallest absolute Gasteiger partial charge is 0.461 e. The molecule has 0 aliphatic rings. The van der Waals surface area contributed by atoms with Crippen LogP contribution in [0.4, 0.5) is 40.8 Å². The molecular formula is C10H5ClF8N2O4S. The van der Waals surface area contributed by atoms with E-state index in [4.69, 9.17) is 0 Å². The topological polar surface area (TPSA) is 81.8 Å². The Labute approximate surface area is 144 Å². The van der Waals surface area contributed by atoms with Crippen molar-refractivity contribution in [3.63, 3.8) is 0 Å². The van der Waals surface area contributed by atoms with Crippen LogP contribution in [0.1, 0.15) is 0 Å². The molecule has 0 bridgehead atoms. The summed E-state index contributed by atoms with van der Waals surface area (Å²) in [7, 11) is -6.87. The van der Waals surface area contributed by atoms with E-state index in [-0.39, 0.29) is 0 Å². The average molecular weight is 437 g/mol. The van der Waals surface area contributed by atoms with Crippen molar-refractivity contribution in [3.05, 3.63) is 35.5 Å². The van der Waals surface area contributed by atoms with Crippen LogP contribution in [0, 0.1) is 5.21 Å². The van der Waals surface area contributed by atoms with Gasteiger partial charge in [0.25, 0.3) is 0 Å². The molecule has 0 unspecified atom stereocenters. The molecule has 26 heavy (non-hydrogen) atoms. The van der Waals surface area contributed by atoms with Gasteiger partial charge in [0.05, 0.1) is 0 Å². The highest BCUT2D eigenvalue weighted by Crippen LogP contribution is 2.48. The summed E-state index contributed by atoms with van der Waals surface area (Å²) in [4.78, 5) is -1.03. The molecule has 6 nitrogen and oxygen atoms in total. The van der Waals surface area contributed by atoms with E-state index in [1.165, 1.54) is 6.07 Å². The summed E-state index contributed by atoms with van der Waals surface area (Å²) in [5.74, 6) is 0. The summed E-state index contributed by atoms with van der Waals surface area (Å²) < 4.78 is 129. The summed E-state index contributed by atoms with van der Waals surface area (Å²) in [6, 6.07) is 5.20. The van der Waals surface area contributed by atoms with Gasteiger partial charge in [-0.2, -0.15) is 43.5 Å². The maximum absolute atomic E-state index is 13.4. The number of nitrogens with zero attached hydrogens (tertiary/aromatic N) is 2. The summed E-state index contributed by atoms with van der Waals surface area (Å²) in [5, 5.41) is -1.18. The number of alkyl halides is 9. The van der Waals surface area contributed by atoms with Crippen LogP contribution in [0.3, 0.4) is 0 Å². The number of ether oxygens (including phenoxy) is 1. The molecule has 16 heteroatoms. The average Bonchev–Trinajstić information content (AvgIpc) is 2.45. The van der Waals surface area contributed by atoms with Crippen molar-refractivity contribution in [2.45, 2.75) is 22.9 Å². The standard InChI is InChI=1S/C10H5ClF8N2O4S/c11-7(12,13)8(14,15)25-9(16,17)10(18,19)26(23,24)20-21(22)6-4-2-1-3-5-6/h1-5H/b21-20+. The van der Waals surface area contributed by atoms with Crippen LogP contribution in [0.2, 0.25) is 0 Å². The van der Waals surface area contributed by atoms with E-state index in [0.29, 0.717) is 0 Å². The largest absolute Gasteiger partial charge is 0.593 e. The van der Waals surface area contributed by atoms with Crippen molar-refractivity contribution in [3.8, 4) is 0 Å². The normalized spacial score (nSPS) is 15.2. The predicted molar refractivity (Wildman–Crippen MR) is 67.8 cm³/mol. The lowest BCUT2D eigenvalue weighted by atomic mass is 10.3. The zero-order valence-corrected chi connectivity index (χ0v) is 13.3. The number of hydrogen-bond donors (Lipinski definition) is 0. The summed E-state index contributed by atoms with van der Waals surface area (Å²) >= 11 is 3.74. The van der Waals surface area contributed by atoms with Crippen LogP contribution >= 0.6 is 11.6 Å². The quantitative estimate of drug-likeness (QED) is 0.210. The number of rotatable bonds is 7. The first-order valence-electron chi connectivity index (χ1n) is 5.85. The van der Waals surface area contributed by atoms with Crippen LogP contribution in [0.25, 0.3) is 0 Å². The second-order valence-electron chi connectivity index (χ2n) is 4.32. The van der Waals surface area contributed by atoms with Crippen LogP contribution in [0.5, 0.6) is 0 Å². The van der Waals surface area contributed by atoms with Crippen LogP contribution in [0.15, 0.2) is 34.9 Å². The maximum atomic E-state index is 13.4. The Bertz CT molecular complexity index is 782. The monoisotopic (exact) mass is 436 g/mol. The van der Waals surface area contributed by atoms with Crippen LogP contribution in [-0.4, -0.2) is 36.1 Å². The third kappa shape index (κ3) is 4.32. The molecule has 0 aliphatic carbocycles. The van der Waals surface area contributed by atoms with Gasteiger partial charge in [0.2, 0.25) is 5.69 Å². The van der Waals surface area contributed by atoms with E-state index in [2.05, 4.69) is 11.6 Å². The van der Waals surface area contributed by atoms with Gasteiger partial charge in [-0.1, -0.05) is 18.2 Å². The number of para-hydroxylation sites is 1. The second-order valence-corrected chi connectivity index (χ2v) is 6.42. The fourth-order valence-corrected chi connectivity index (χ4v) is 1.95. The number of benzene rings is 1. The number of halogens is 9. The fraction of sp³-hybridized carbons (Fsp3) is 0.400. The van der Waals surface area contributed by atoms with Crippen molar-refractivity contribution in [2.24, 2.45) is 4.52 Å². The SMILES string of the molecule is O=S(=O)(/N=[N+](/[O-])c1ccccc1)C(F)(F)C(F)(F)OC(F)(F)C(F)(F)Cl. The molecule has 1 aromatic rings. The van der Waals surface area contributed by atoms with Gasteiger partial charge in [0.15, 0.2) is 0 Å². The molecule has 0 fully saturated rings. The first kappa shape index (κ1) is 22.3. The van der Waals surface area contributed by atoms with Gasteiger partial charge in [-0.05, 0) is 16.5 Å². The lowest BCUT2D eigenvalue weighted by Gasteiger charge is -2.28. The highest BCUT2D eigenvalue weighted by Gasteiger charge is 2.75. The molecule has 0 amide bonds. The van der Waals surface area contributed by atoms with E-state index in [0.717, 1.165) is 24.3 Å². The molecule has 0 heterocycles.